The van der Waals surface area contributed by atoms with Gasteiger partial charge in [-0.2, -0.15) is 5.26 Å². The highest BCUT2D eigenvalue weighted by molar-refractivity contribution is 7.89. The van der Waals surface area contributed by atoms with Gasteiger partial charge in [-0.05, 0) is 57.2 Å². The van der Waals surface area contributed by atoms with Crippen LogP contribution >= 0.6 is 11.3 Å². The highest BCUT2D eigenvalue weighted by Crippen LogP contribution is 2.61. The molecule has 3 aliphatic carbocycles. The average Bonchev–Trinajstić information content (AvgIpc) is 3.41. The van der Waals surface area contributed by atoms with E-state index in [0.717, 1.165) is 21.9 Å². The number of nitrogens with zero attached hydrogens (tertiary/aromatic N) is 4. The van der Waals surface area contributed by atoms with Gasteiger partial charge in [0.2, 0.25) is 10.0 Å². The number of hydrogen-bond donors (Lipinski definition) is 2. The third-order valence-corrected chi connectivity index (χ3v) is 8.97. The fourth-order valence-corrected chi connectivity index (χ4v) is 7.13. The SMILES string of the molecule is Cc1ncc(-c2nc(-c3cc(S(=O)(=O)NC45CCC(C#N)(C4)C5)ccc3C)cnc2N)s1. The summed E-state index contributed by atoms with van der Waals surface area (Å²) in [6.07, 6.45) is 5.86. The van der Waals surface area contributed by atoms with E-state index in [4.69, 9.17) is 5.73 Å². The Balaban J connectivity index is 1.49. The molecule has 0 radical (unpaired) electrons. The molecule has 1 aromatic carbocycles. The number of aryl methyl sites for hydroxylation is 2. The number of rotatable bonds is 5. The number of nitrogens with two attached hydrogens (primary N) is 1. The predicted octanol–water partition coefficient (Wildman–Crippen LogP) is 3.58. The van der Waals surface area contributed by atoms with Crippen molar-refractivity contribution in [3.05, 3.63) is 41.2 Å². The summed E-state index contributed by atoms with van der Waals surface area (Å²) in [5.41, 5.74) is 7.82. The van der Waals surface area contributed by atoms with Crippen molar-refractivity contribution in [2.45, 2.75) is 50.0 Å². The number of sulfonamides is 1. The minimum atomic E-state index is -3.75. The number of nitrogen functional groups attached to an aromatic ring is 1. The third-order valence-electron chi connectivity index (χ3n) is 6.47. The number of benzene rings is 1. The summed E-state index contributed by atoms with van der Waals surface area (Å²) in [5.74, 6) is 0.298. The summed E-state index contributed by atoms with van der Waals surface area (Å²) in [7, 11) is -3.75. The molecule has 32 heavy (non-hydrogen) atoms. The molecular weight excluding hydrogens is 444 g/mol. The van der Waals surface area contributed by atoms with Gasteiger partial charge < -0.3 is 5.73 Å². The lowest BCUT2D eigenvalue weighted by atomic mass is 9.66. The van der Waals surface area contributed by atoms with Crippen LogP contribution in [0.2, 0.25) is 0 Å². The highest BCUT2D eigenvalue weighted by Gasteiger charge is 2.62. The van der Waals surface area contributed by atoms with E-state index in [2.05, 4.69) is 25.7 Å². The monoisotopic (exact) mass is 466 g/mol. The van der Waals surface area contributed by atoms with E-state index in [9.17, 15) is 13.7 Å². The van der Waals surface area contributed by atoms with Crippen LogP contribution in [0.3, 0.4) is 0 Å². The summed E-state index contributed by atoms with van der Waals surface area (Å²) in [5, 5.41) is 10.3. The molecule has 0 aliphatic heterocycles. The number of fused-ring (bicyclic) bond motifs is 1. The molecule has 3 aromatic rings. The molecule has 0 saturated heterocycles. The lowest BCUT2D eigenvalue weighted by molar-refractivity contribution is 0.161. The molecule has 0 spiro atoms. The molecule has 10 heteroatoms. The van der Waals surface area contributed by atoms with Crippen LogP contribution in [-0.2, 0) is 10.0 Å². The van der Waals surface area contributed by atoms with E-state index in [0.29, 0.717) is 42.0 Å². The van der Waals surface area contributed by atoms with E-state index >= 15 is 0 Å². The van der Waals surface area contributed by atoms with Crippen molar-refractivity contribution in [2.24, 2.45) is 5.41 Å². The maximum Gasteiger partial charge on any atom is 0.241 e. The number of anilines is 1. The number of thiazole rings is 1. The quantitative estimate of drug-likeness (QED) is 0.587. The van der Waals surface area contributed by atoms with Gasteiger partial charge in [0.15, 0.2) is 5.82 Å². The Morgan fingerprint density at radius 3 is 2.62 bits per heavy atom. The summed E-state index contributed by atoms with van der Waals surface area (Å²) < 4.78 is 29.3. The summed E-state index contributed by atoms with van der Waals surface area (Å²) >= 11 is 1.47. The van der Waals surface area contributed by atoms with Gasteiger partial charge in [-0.25, -0.2) is 28.1 Å². The van der Waals surface area contributed by atoms with Crippen LogP contribution in [0.5, 0.6) is 0 Å². The van der Waals surface area contributed by atoms with Gasteiger partial charge in [0.1, 0.15) is 5.69 Å². The second-order valence-corrected chi connectivity index (χ2v) is 11.8. The van der Waals surface area contributed by atoms with Crippen molar-refractivity contribution in [3.8, 4) is 27.9 Å². The van der Waals surface area contributed by atoms with Crippen molar-refractivity contribution in [1.82, 2.24) is 19.7 Å². The van der Waals surface area contributed by atoms with Crippen LogP contribution < -0.4 is 10.5 Å². The number of hydrogen-bond acceptors (Lipinski definition) is 8. The molecule has 164 valence electrons. The van der Waals surface area contributed by atoms with Gasteiger partial charge in [-0.15, -0.1) is 11.3 Å². The Kier molecular flexibility index (Phi) is 4.64. The van der Waals surface area contributed by atoms with Gasteiger partial charge >= 0.3 is 0 Å². The molecule has 2 heterocycles. The zero-order valence-electron chi connectivity index (χ0n) is 17.7. The number of nitriles is 1. The fraction of sp³-hybridized carbons (Fsp3) is 0.364. The predicted molar refractivity (Wildman–Crippen MR) is 122 cm³/mol. The van der Waals surface area contributed by atoms with Crippen molar-refractivity contribution in [1.29, 1.82) is 5.26 Å². The van der Waals surface area contributed by atoms with Crippen molar-refractivity contribution in [3.63, 3.8) is 0 Å². The summed E-state index contributed by atoms with van der Waals surface area (Å²) in [6.45, 7) is 3.80. The second kappa shape index (κ2) is 7.07. The van der Waals surface area contributed by atoms with Crippen LogP contribution in [0.15, 0.2) is 35.5 Å². The lowest BCUT2D eigenvalue weighted by Crippen LogP contribution is -2.55. The summed E-state index contributed by atoms with van der Waals surface area (Å²) in [4.78, 5) is 14.2. The molecule has 0 amide bonds. The first-order valence-electron chi connectivity index (χ1n) is 10.3. The summed E-state index contributed by atoms with van der Waals surface area (Å²) in [6, 6.07) is 7.35. The molecule has 8 nitrogen and oxygen atoms in total. The molecule has 6 rings (SSSR count). The molecule has 3 fully saturated rings. The topological polar surface area (TPSA) is 135 Å². The van der Waals surface area contributed by atoms with Crippen LogP contribution in [0.25, 0.3) is 21.8 Å². The average molecular weight is 467 g/mol. The van der Waals surface area contributed by atoms with Gasteiger partial charge in [0.25, 0.3) is 0 Å². The fourth-order valence-electron chi connectivity index (χ4n) is 4.90. The van der Waals surface area contributed by atoms with E-state index < -0.39 is 15.6 Å². The zero-order valence-corrected chi connectivity index (χ0v) is 19.3. The molecule has 3 saturated carbocycles. The normalized spacial score (nSPS) is 24.2. The van der Waals surface area contributed by atoms with Gasteiger partial charge in [-0.3, -0.25) is 0 Å². The van der Waals surface area contributed by atoms with Crippen LogP contribution in [-0.4, -0.2) is 28.9 Å². The molecule has 3 aliphatic rings. The van der Waals surface area contributed by atoms with E-state index in [1.54, 1.807) is 30.6 Å². The Hall–Kier alpha value is -2.87. The molecular formula is C22H22N6O2S2. The minimum Gasteiger partial charge on any atom is -0.382 e. The smallest absolute Gasteiger partial charge is 0.241 e. The third kappa shape index (κ3) is 3.37. The standard InChI is InChI=1S/C22H22N6O2S2/c1-13-3-4-15(32(29,30)28-22-6-5-21(10-22,11-22)12-23)7-16(13)17-8-26-20(24)19(27-17)18-9-25-14(2)31-18/h3-4,7-9,28H,5-6,10-11H2,1-2H3,(H2,24,26). The van der Waals surface area contributed by atoms with Crippen LogP contribution in [0.4, 0.5) is 5.82 Å². The van der Waals surface area contributed by atoms with Gasteiger partial charge in [-0.1, -0.05) is 6.07 Å². The first-order chi connectivity index (χ1) is 15.1. The molecule has 0 unspecified atom stereocenters. The van der Waals surface area contributed by atoms with Crippen molar-refractivity contribution in [2.75, 3.05) is 5.73 Å². The number of aromatic nitrogens is 3. The molecule has 0 atom stereocenters. The minimum absolute atomic E-state index is 0.169. The van der Waals surface area contributed by atoms with E-state index in [1.165, 1.54) is 11.3 Å². The Labute approximate surface area is 190 Å². The molecule has 3 N–H and O–H groups in total. The van der Waals surface area contributed by atoms with Crippen LogP contribution in [0, 0.1) is 30.6 Å². The van der Waals surface area contributed by atoms with E-state index in [1.807, 2.05) is 13.8 Å². The maximum atomic E-state index is 13.2. The first-order valence-corrected chi connectivity index (χ1v) is 12.6. The Bertz CT molecular complexity index is 1380. The second-order valence-electron chi connectivity index (χ2n) is 8.84. The van der Waals surface area contributed by atoms with E-state index in [-0.39, 0.29) is 10.3 Å². The number of nitrogens with one attached hydrogen (secondary N) is 1. The van der Waals surface area contributed by atoms with Crippen molar-refractivity contribution < 1.29 is 8.42 Å². The van der Waals surface area contributed by atoms with Crippen LogP contribution in [0.1, 0.15) is 36.3 Å². The maximum absolute atomic E-state index is 13.2. The Morgan fingerprint density at radius 1 is 1.19 bits per heavy atom. The molecule has 2 bridgehead atoms. The van der Waals surface area contributed by atoms with Gasteiger partial charge in [0, 0.05) is 17.3 Å². The van der Waals surface area contributed by atoms with Crippen molar-refractivity contribution >= 4 is 27.2 Å². The lowest BCUT2D eigenvalue weighted by Gasteiger charge is -2.43. The largest absolute Gasteiger partial charge is 0.382 e. The Morgan fingerprint density at radius 2 is 1.97 bits per heavy atom. The van der Waals surface area contributed by atoms with Gasteiger partial charge in [0.05, 0.1) is 38.2 Å². The highest BCUT2D eigenvalue weighted by atomic mass is 32.2. The molecule has 2 aromatic heterocycles. The first kappa shape index (κ1) is 21.0. The zero-order chi connectivity index (χ0) is 22.7.